The summed E-state index contributed by atoms with van der Waals surface area (Å²) < 4.78 is 0. The van der Waals surface area contributed by atoms with Crippen molar-refractivity contribution in [1.29, 1.82) is 0 Å². The molecular formula is C31H38ClN3O3. The lowest BCUT2D eigenvalue weighted by atomic mass is 9.79. The van der Waals surface area contributed by atoms with Gasteiger partial charge in [-0.2, -0.15) is 0 Å². The summed E-state index contributed by atoms with van der Waals surface area (Å²) in [6.45, 7) is 1.52. The average molecular weight is 536 g/mol. The fourth-order valence-electron chi connectivity index (χ4n) is 6.51. The van der Waals surface area contributed by atoms with Gasteiger partial charge < -0.3 is 10.2 Å². The van der Waals surface area contributed by atoms with Gasteiger partial charge in [-0.05, 0) is 68.1 Å². The number of hydrogen-bond acceptors (Lipinski definition) is 3. The van der Waals surface area contributed by atoms with Crippen LogP contribution in [0.3, 0.4) is 0 Å². The molecule has 4 amide bonds. The molecule has 7 heteroatoms. The lowest BCUT2D eigenvalue weighted by Crippen LogP contribution is -2.62. The number of benzene rings is 2. The third-order valence-electron chi connectivity index (χ3n) is 8.70. The number of halogens is 1. The molecule has 1 N–H and O–H groups in total. The molecule has 1 saturated heterocycles. The highest BCUT2D eigenvalue weighted by molar-refractivity contribution is 6.31. The molecule has 1 heterocycles. The Bertz CT molecular complexity index is 1130. The van der Waals surface area contributed by atoms with Crippen LogP contribution in [0.4, 0.5) is 4.79 Å². The van der Waals surface area contributed by atoms with Crippen LogP contribution in [0.2, 0.25) is 5.02 Å². The fourth-order valence-corrected chi connectivity index (χ4v) is 6.71. The van der Waals surface area contributed by atoms with Gasteiger partial charge in [0.2, 0.25) is 11.8 Å². The number of rotatable bonds is 8. The molecule has 0 bridgehead atoms. The molecule has 202 valence electrons. The van der Waals surface area contributed by atoms with E-state index in [4.69, 9.17) is 11.6 Å². The predicted octanol–water partition coefficient (Wildman–Crippen LogP) is 5.83. The summed E-state index contributed by atoms with van der Waals surface area (Å²) in [7, 11) is 0. The van der Waals surface area contributed by atoms with E-state index < -0.39 is 0 Å². The van der Waals surface area contributed by atoms with Gasteiger partial charge in [-0.3, -0.25) is 14.5 Å². The summed E-state index contributed by atoms with van der Waals surface area (Å²) >= 11 is 6.44. The number of carbonyl (C=O) groups is 3. The highest BCUT2D eigenvalue weighted by Crippen LogP contribution is 2.38. The summed E-state index contributed by atoms with van der Waals surface area (Å²) in [5.41, 5.74) is 2.14. The van der Waals surface area contributed by atoms with E-state index in [1.165, 1.54) is 10.5 Å². The molecule has 2 aromatic rings. The summed E-state index contributed by atoms with van der Waals surface area (Å²) in [4.78, 5) is 43.4. The van der Waals surface area contributed by atoms with Crippen LogP contribution in [0.15, 0.2) is 54.6 Å². The van der Waals surface area contributed by atoms with Crippen LogP contribution in [0.5, 0.6) is 0 Å². The maximum Gasteiger partial charge on any atom is 0.327 e. The molecule has 38 heavy (non-hydrogen) atoms. The van der Waals surface area contributed by atoms with Gasteiger partial charge >= 0.3 is 6.03 Å². The lowest BCUT2D eigenvalue weighted by molar-refractivity contribution is -0.142. The van der Waals surface area contributed by atoms with Crippen molar-refractivity contribution in [1.82, 2.24) is 15.1 Å². The molecule has 3 fully saturated rings. The van der Waals surface area contributed by atoms with Gasteiger partial charge in [0.15, 0.2) is 0 Å². The monoisotopic (exact) mass is 535 g/mol. The summed E-state index contributed by atoms with van der Waals surface area (Å²) in [6.07, 6.45) is 7.90. The first-order chi connectivity index (χ1) is 18.5. The van der Waals surface area contributed by atoms with Crippen molar-refractivity contribution in [3.8, 4) is 0 Å². The largest absolute Gasteiger partial charge is 0.356 e. The van der Waals surface area contributed by atoms with E-state index in [1.807, 2.05) is 47.4 Å². The molecule has 1 aliphatic heterocycles. The molecule has 3 aliphatic rings. The van der Waals surface area contributed by atoms with E-state index in [-0.39, 0.29) is 41.6 Å². The first-order valence-electron chi connectivity index (χ1n) is 14.2. The average Bonchev–Trinajstić information content (AvgIpc) is 2.95. The molecule has 0 aromatic heterocycles. The van der Waals surface area contributed by atoms with Crippen molar-refractivity contribution >= 4 is 29.4 Å². The Hall–Kier alpha value is -2.86. The molecule has 2 unspecified atom stereocenters. The molecule has 2 atom stereocenters. The Kier molecular flexibility index (Phi) is 8.68. The topological polar surface area (TPSA) is 69.7 Å². The minimum atomic E-state index is -0.182. The van der Waals surface area contributed by atoms with Crippen LogP contribution in [-0.2, 0) is 22.6 Å². The van der Waals surface area contributed by atoms with Gasteiger partial charge in [0.25, 0.3) is 0 Å². The number of nitrogens with one attached hydrogen (secondary N) is 1. The van der Waals surface area contributed by atoms with Gasteiger partial charge in [-0.15, -0.1) is 0 Å². The maximum atomic E-state index is 13.7. The number of fused-ring (bicyclic) bond motifs is 1. The van der Waals surface area contributed by atoms with Gasteiger partial charge in [0, 0.05) is 36.6 Å². The first-order valence-corrected chi connectivity index (χ1v) is 14.6. The smallest absolute Gasteiger partial charge is 0.327 e. The third kappa shape index (κ3) is 6.06. The number of hydrogen-bond donors (Lipinski definition) is 1. The zero-order chi connectivity index (χ0) is 26.5. The van der Waals surface area contributed by atoms with Gasteiger partial charge in [-0.1, -0.05) is 73.0 Å². The molecule has 5 rings (SSSR count). The van der Waals surface area contributed by atoms with Crippen molar-refractivity contribution in [3.63, 3.8) is 0 Å². The second-order valence-corrected chi connectivity index (χ2v) is 11.6. The quantitative estimate of drug-likeness (QED) is 0.462. The van der Waals surface area contributed by atoms with Crippen LogP contribution >= 0.6 is 11.6 Å². The number of urea groups is 1. The van der Waals surface area contributed by atoms with Crippen LogP contribution < -0.4 is 5.32 Å². The lowest BCUT2D eigenvalue weighted by Gasteiger charge is -2.47. The minimum absolute atomic E-state index is 0.00381. The van der Waals surface area contributed by atoms with Crippen molar-refractivity contribution in [3.05, 3.63) is 70.7 Å². The van der Waals surface area contributed by atoms with Crippen LogP contribution in [0, 0.1) is 17.8 Å². The normalized spacial score (nSPS) is 25.7. The summed E-state index contributed by atoms with van der Waals surface area (Å²) in [5.74, 6) is 0.236. The SMILES string of the molecule is O=C(NCCc1ccccc1)C1CCC(CN2C(=O)C3CCCCC3N(Cc3ccccc3Cl)C2=O)CC1. The Morgan fingerprint density at radius 1 is 0.895 bits per heavy atom. The predicted molar refractivity (Wildman–Crippen MR) is 148 cm³/mol. The number of carbonyl (C=O) groups excluding carboxylic acids is 3. The molecule has 6 nitrogen and oxygen atoms in total. The number of nitrogens with zero attached hydrogens (tertiary/aromatic N) is 2. The number of amides is 4. The van der Waals surface area contributed by atoms with Crippen molar-refractivity contribution in [2.24, 2.45) is 17.8 Å². The van der Waals surface area contributed by atoms with E-state index in [0.717, 1.165) is 63.4 Å². The molecule has 2 saturated carbocycles. The van der Waals surface area contributed by atoms with E-state index in [0.29, 0.717) is 24.7 Å². The highest BCUT2D eigenvalue weighted by atomic mass is 35.5. The standard InChI is InChI=1S/C31H38ClN3O3/c32-27-12-6-4-10-25(27)21-34-28-13-7-5-11-26(28)30(37)35(31(34)38)20-23-14-16-24(17-15-23)29(36)33-19-18-22-8-2-1-3-9-22/h1-4,6,8-10,12,23-24,26,28H,5,7,11,13-21H2,(H,33,36). The van der Waals surface area contributed by atoms with Gasteiger partial charge in [0.05, 0.1) is 5.92 Å². The summed E-state index contributed by atoms with van der Waals surface area (Å²) in [6, 6.07) is 17.6. The molecular weight excluding hydrogens is 498 g/mol. The van der Waals surface area contributed by atoms with Crippen molar-refractivity contribution < 1.29 is 14.4 Å². The minimum Gasteiger partial charge on any atom is -0.356 e. The van der Waals surface area contributed by atoms with Gasteiger partial charge in [0.1, 0.15) is 0 Å². The van der Waals surface area contributed by atoms with Crippen molar-refractivity contribution in [2.45, 2.75) is 70.4 Å². The first kappa shape index (κ1) is 26.7. The van der Waals surface area contributed by atoms with E-state index in [9.17, 15) is 14.4 Å². The zero-order valence-electron chi connectivity index (χ0n) is 22.0. The second kappa shape index (κ2) is 12.3. The molecule has 0 spiro atoms. The summed E-state index contributed by atoms with van der Waals surface area (Å²) in [5, 5.41) is 3.75. The van der Waals surface area contributed by atoms with Crippen LogP contribution in [0.25, 0.3) is 0 Å². The third-order valence-corrected chi connectivity index (χ3v) is 9.07. The Balaban J connectivity index is 1.17. The molecule has 2 aliphatic carbocycles. The van der Waals surface area contributed by atoms with Crippen molar-refractivity contribution in [2.75, 3.05) is 13.1 Å². The number of imide groups is 1. The van der Waals surface area contributed by atoms with Crippen LogP contribution in [0.1, 0.15) is 62.5 Å². The second-order valence-electron chi connectivity index (χ2n) is 11.2. The van der Waals surface area contributed by atoms with E-state index >= 15 is 0 Å². The zero-order valence-corrected chi connectivity index (χ0v) is 22.7. The fraction of sp³-hybridized carbons (Fsp3) is 0.516. The van der Waals surface area contributed by atoms with E-state index in [1.54, 1.807) is 0 Å². The Labute approximate surface area is 230 Å². The van der Waals surface area contributed by atoms with Crippen LogP contribution in [-0.4, -0.2) is 46.8 Å². The Morgan fingerprint density at radius 2 is 1.61 bits per heavy atom. The molecule has 2 aromatic carbocycles. The molecule has 0 radical (unpaired) electrons. The Morgan fingerprint density at radius 3 is 2.37 bits per heavy atom. The highest BCUT2D eigenvalue weighted by Gasteiger charge is 2.47. The maximum absolute atomic E-state index is 13.7. The van der Waals surface area contributed by atoms with E-state index in [2.05, 4.69) is 17.4 Å². The van der Waals surface area contributed by atoms with Gasteiger partial charge in [-0.25, -0.2) is 4.79 Å².